The van der Waals surface area contributed by atoms with Crippen LogP contribution in [0.3, 0.4) is 0 Å². The molecular weight excluding hydrogens is 398 g/mol. The van der Waals surface area contributed by atoms with Gasteiger partial charge in [0.25, 0.3) is 5.56 Å². The van der Waals surface area contributed by atoms with Gasteiger partial charge in [-0.05, 0) is 36.6 Å². The van der Waals surface area contributed by atoms with Gasteiger partial charge in [-0.2, -0.15) is 9.78 Å². The molecule has 0 aliphatic carbocycles. The first kappa shape index (κ1) is 19.4. The lowest BCUT2D eigenvalue weighted by atomic mass is 10.1. The maximum Gasteiger partial charge on any atom is 0.292 e. The topological polar surface area (TPSA) is 50.2 Å². The normalized spacial score (nSPS) is 16.2. The van der Waals surface area contributed by atoms with Gasteiger partial charge in [-0.1, -0.05) is 29.8 Å². The molecule has 1 fully saturated rings. The van der Waals surface area contributed by atoms with E-state index in [1.807, 2.05) is 18.2 Å². The van der Waals surface area contributed by atoms with Gasteiger partial charge in [0.1, 0.15) is 16.5 Å². The van der Waals surface area contributed by atoms with E-state index >= 15 is 0 Å². The summed E-state index contributed by atoms with van der Waals surface area (Å²) >= 11 is 6.20. The van der Waals surface area contributed by atoms with E-state index in [2.05, 4.69) is 27.4 Å². The zero-order chi connectivity index (χ0) is 20.4. The third-order valence-electron chi connectivity index (χ3n) is 5.05. The van der Waals surface area contributed by atoms with E-state index in [9.17, 15) is 13.6 Å². The van der Waals surface area contributed by atoms with Gasteiger partial charge in [0.15, 0.2) is 5.82 Å². The second-order valence-electron chi connectivity index (χ2n) is 7.00. The van der Waals surface area contributed by atoms with Crippen molar-refractivity contribution < 1.29 is 8.78 Å². The molecule has 1 atom stereocenters. The fourth-order valence-corrected chi connectivity index (χ4v) is 3.70. The lowest BCUT2D eigenvalue weighted by molar-refractivity contribution is 0.570. The van der Waals surface area contributed by atoms with Crippen molar-refractivity contribution in [3.05, 3.63) is 81.7 Å². The maximum atomic E-state index is 14.0. The summed E-state index contributed by atoms with van der Waals surface area (Å²) in [7, 11) is 0. The predicted octanol–water partition coefficient (Wildman–Crippen LogP) is 4.10. The summed E-state index contributed by atoms with van der Waals surface area (Å²) in [5.41, 5.74) is 0.769. The molecule has 0 unspecified atom stereocenters. The van der Waals surface area contributed by atoms with Crippen molar-refractivity contribution in [3.63, 3.8) is 0 Å². The Labute approximate surface area is 171 Å². The molecule has 5 nitrogen and oxygen atoms in total. The Kier molecular flexibility index (Phi) is 5.49. The number of hydrogen-bond acceptors (Lipinski definition) is 4. The van der Waals surface area contributed by atoms with Crippen LogP contribution >= 0.6 is 11.6 Å². The minimum atomic E-state index is -0.886. The average Bonchev–Trinajstić information content (AvgIpc) is 3.20. The molecule has 1 aromatic heterocycles. The quantitative estimate of drug-likeness (QED) is 0.680. The monoisotopic (exact) mass is 416 g/mol. The predicted molar refractivity (Wildman–Crippen MR) is 110 cm³/mol. The van der Waals surface area contributed by atoms with Gasteiger partial charge in [-0.3, -0.25) is 4.79 Å². The molecule has 1 N–H and O–H groups in total. The fourth-order valence-electron chi connectivity index (χ4n) is 3.51. The van der Waals surface area contributed by atoms with E-state index in [1.54, 1.807) is 0 Å². The highest BCUT2D eigenvalue weighted by Gasteiger charge is 2.23. The van der Waals surface area contributed by atoms with Crippen molar-refractivity contribution >= 4 is 23.0 Å². The van der Waals surface area contributed by atoms with E-state index in [0.29, 0.717) is 24.2 Å². The molecule has 1 aliphatic rings. The Balaban J connectivity index is 1.45. The molecule has 2 heterocycles. The van der Waals surface area contributed by atoms with Crippen LogP contribution in [0.5, 0.6) is 0 Å². The Bertz CT molecular complexity index is 1070. The molecule has 0 radical (unpaired) electrons. The van der Waals surface area contributed by atoms with Gasteiger partial charge in [0.2, 0.25) is 0 Å². The molecule has 29 heavy (non-hydrogen) atoms. The number of anilines is 2. The third-order valence-corrected chi connectivity index (χ3v) is 5.41. The number of para-hydroxylation sites is 1. The van der Waals surface area contributed by atoms with Crippen LogP contribution in [0.2, 0.25) is 5.02 Å². The van der Waals surface area contributed by atoms with E-state index in [0.717, 1.165) is 36.3 Å². The lowest BCUT2D eigenvalue weighted by Crippen LogP contribution is -2.25. The van der Waals surface area contributed by atoms with Crippen molar-refractivity contribution in [3.8, 4) is 5.69 Å². The summed E-state index contributed by atoms with van der Waals surface area (Å²) in [6.45, 7) is 2.51. The van der Waals surface area contributed by atoms with Gasteiger partial charge >= 0.3 is 0 Å². The van der Waals surface area contributed by atoms with E-state index < -0.39 is 17.2 Å². The molecule has 0 bridgehead atoms. The maximum absolute atomic E-state index is 14.0. The van der Waals surface area contributed by atoms with Gasteiger partial charge in [0, 0.05) is 31.4 Å². The largest absolute Gasteiger partial charge is 0.382 e. The van der Waals surface area contributed by atoms with E-state index in [-0.39, 0.29) is 10.7 Å². The SMILES string of the molecule is O=c1c(Cl)c(NC[C@H]2CCN(c3ccccc3)C2)cnn1-c1ccc(F)cc1F. The highest BCUT2D eigenvalue weighted by Crippen LogP contribution is 2.25. The van der Waals surface area contributed by atoms with Gasteiger partial charge in [-0.25, -0.2) is 8.78 Å². The van der Waals surface area contributed by atoms with Crippen LogP contribution in [0.25, 0.3) is 5.69 Å². The Morgan fingerprint density at radius 2 is 1.97 bits per heavy atom. The summed E-state index contributed by atoms with van der Waals surface area (Å²) < 4.78 is 27.9. The first-order chi connectivity index (χ1) is 14.0. The number of halogens is 3. The zero-order valence-electron chi connectivity index (χ0n) is 15.5. The van der Waals surface area contributed by atoms with Crippen LogP contribution in [-0.2, 0) is 0 Å². The van der Waals surface area contributed by atoms with Crippen LogP contribution in [-0.4, -0.2) is 29.4 Å². The number of rotatable bonds is 5. The third kappa shape index (κ3) is 4.10. The number of hydrogen-bond donors (Lipinski definition) is 1. The Hall–Kier alpha value is -2.93. The fraction of sp³-hybridized carbons (Fsp3) is 0.238. The first-order valence-corrected chi connectivity index (χ1v) is 9.68. The average molecular weight is 417 g/mol. The first-order valence-electron chi connectivity index (χ1n) is 9.30. The second kappa shape index (κ2) is 8.21. The molecule has 0 spiro atoms. The van der Waals surface area contributed by atoms with E-state index in [1.165, 1.54) is 11.9 Å². The van der Waals surface area contributed by atoms with Crippen molar-refractivity contribution in [2.45, 2.75) is 6.42 Å². The van der Waals surface area contributed by atoms with Crippen molar-refractivity contribution in [2.24, 2.45) is 5.92 Å². The summed E-state index contributed by atoms with van der Waals surface area (Å²) in [6.07, 6.45) is 2.40. The highest BCUT2D eigenvalue weighted by molar-refractivity contribution is 6.32. The Morgan fingerprint density at radius 3 is 2.72 bits per heavy atom. The van der Waals surface area contributed by atoms with Crippen molar-refractivity contribution in [2.75, 3.05) is 29.9 Å². The molecule has 4 rings (SSSR count). The zero-order valence-corrected chi connectivity index (χ0v) is 16.2. The van der Waals surface area contributed by atoms with Gasteiger partial charge in [0.05, 0.1) is 11.9 Å². The number of aromatic nitrogens is 2. The van der Waals surface area contributed by atoms with Crippen LogP contribution < -0.4 is 15.8 Å². The molecule has 0 amide bonds. The standard InChI is InChI=1S/C21H19ClF2N4O/c22-20-18(12-26-28(21(20)29)19-7-6-15(23)10-17(19)24)25-11-14-8-9-27(13-14)16-4-2-1-3-5-16/h1-7,10,12,14,25H,8-9,11,13H2/t14-/m1/s1. The second-order valence-corrected chi connectivity index (χ2v) is 7.38. The summed E-state index contributed by atoms with van der Waals surface area (Å²) in [6, 6.07) is 13.1. The molecule has 0 saturated carbocycles. The number of nitrogens with zero attached hydrogens (tertiary/aromatic N) is 3. The van der Waals surface area contributed by atoms with Gasteiger partial charge < -0.3 is 10.2 Å². The molecular formula is C21H19ClF2N4O. The summed E-state index contributed by atoms with van der Waals surface area (Å²) in [5, 5.41) is 7.09. The molecule has 1 saturated heterocycles. The van der Waals surface area contributed by atoms with Crippen molar-refractivity contribution in [1.82, 2.24) is 9.78 Å². The Morgan fingerprint density at radius 1 is 1.17 bits per heavy atom. The van der Waals surface area contributed by atoms with Crippen LogP contribution in [0, 0.1) is 17.6 Å². The number of benzene rings is 2. The molecule has 1 aliphatic heterocycles. The molecule has 150 valence electrons. The van der Waals surface area contributed by atoms with Gasteiger partial charge in [-0.15, -0.1) is 0 Å². The van der Waals surface area contributed by atoms with Crippen molar-refractivity contribution in [1.29, 1.82) is 0 Å². The summed E-state index contributed by atoms with van der Waals surface area (Å²) in [4.78, 5) is 14.8. The minimum absolute atomic E-state index is 0.0818. The van der Waals surface area contributed by atoms with Crippen LogP contribution in [0.4, 0.5) is 20.2 Å². The molecule has 2 aromatic carbocycles. The minimum Gasteiger partial charge on any atom is -0.382 e. The molecule has 8 heteroatoms. The summed E-state index contributed by atoms with van der Waals surface area (Å²) in [5.74, 6) is -1.23. The van der Waals surface area contributed by atoms with Crippen LogP contribution in [0.1, 0.15) is 6.42 Å². The van der Waals surface area contributed by atoms with Crippen LogP contribution in [0.15, 0.2) is 59.5 Å². The smallest absolute Gasteiger partial charge is 0.292 e. The van der Waals surface area contributed by atoms with E-state index in [4.69, 9.17) is 11.6 Å². The molecule has 3 aromatic rings. The highest BCUT2D eigenvalue weighted by atomic mass is 35.5. The number of nitrogens with one attached hydrogen (secondary N) is 1. The lowest BCUT2D eigenvalue weighted by Gasteiger charge is -2.19.